The summed E-state index contributed by atoms with van der Waals surface area (Å²) in [4.78, 5) is 33.2. The van der Waals surface area contributed by atoms with Crippen LogP contribution in [0.25, 0.3) is 0 Å². The van der Waals surface area contributed by atoms with Crippen molar-refractivity contribution in [2.24, 2.45) is 0 Å². The number of nitro groups is 1. The van der Waals surface area contributed by atoms with Gasteiger partial charge in [0.25, 0.3) is 5.69 Å². The summed E-state index contributed by atoms with van der Waals surface area (Å²) in [6.45, 7) is 0. The van der Waals surface area contributed by atoms with Crippen LogP contribution in [0.2, 0.25) is 5.02 Å². The van der Waals surface area contributed by atoms with E-state index in [1.165, 1.54) is 19.2 Å². The Morgan fingerprint density at radius 2 is 2.05 bits per heavy atom. The highest BCUT2D eigenvalue weighted by atomic mass is 35.5. The van der Waals surface area contributed by atoms with Crippen molar-refractivity contribution in [1.82, 2.24) is 0 Å². The molecule has 0 bridgehead atoms. The minimum absolute atomic E-state index is 0.0451. The van der Waals surface area contributed by atoms with Gasteiger partial charge in [0.1, 0.15) is 11.7 Å². The summed E-state index contributed by atoms with van der Waals surface area (Å²) in [6.07, 6.45) is -0.330. The molecule has 0 saturated carbocycles. The average Bonchev–Trinajstić information content (AvgIpc) is 2.46. The summed E-state index contributed by atoms with van der Waals surface area (Å²) < 4.78 is 9.02. The average molecular weight is 317 g/mol. The maximum Gasteiger partial charge on any atom is 0.328 e. The van der Waals surface area contributed by atoms with Crippen molar-refractivity contribution >= 4 is 34.9 Å². The summed E-state index contributed by atoms with van der Waals surface area (Å²) in [5.74, 6) is -1.40. The lowest BCUT2D eigenvalue weighted by Crippen LogP contribution is -2.33. The molecule has 0 heterocycles. The van der Waals surface area contributed by atoms with Crippen LogP contribution in [0.15, 0.2) is 18.2 Å². The van der Waals surface area contributed by atoms with Gasteiger partial charge in [-0.15, -0.1) is 0 Å². The van der Waals surface area contributed by atoms with E-state index in [9.17, 15) is 19.7 Å². The van der Waals surface area contributed by atoms with E-state index in [0.717, 1.165) is 13.2 Å². The number of rotatable bonds is 6. The number of anilines is 1. The van der Waals surface area contributed by atoms with Crippen LogP contribution in [0.5, 0.6) is 0 Å². The number of nitro benzene ring substituents is 1. The SMILES string of the molecule is COC(=O)CC(Nc1ccc(Cl)cc1[N+](=O)[O-])C(=O)OC. The number of benzene rings is 1. The van der Waals surface area contributed by atoms with Crippen LogP contribution >= 0.6 is 11.6 Å². The third-order valence-corrected chi connectivity index (χ3v) is 2.81. The summed E-state index contributed by atoms with van der Waals surface area (Å²) in [5, 5.41) is 13.7. The van der Waals surface area contributed by atoms with E-state index >= 15 is 0 Å². The maximum atomic E-state index is 11.6. The summed E-state index contributed by atoms with van der Waals surface area (Å²) in [6, 6.07) is 2.79. The molecule has 0 aliphatic heterocycles. The second kappa shape index (κ2) is 7.44. The van der Waals surface area contributed by atoms with Gasteiger partial charge in [-0.3, -0.25) is 14.9 Å². The van der Waals surface area contributed by atoms with Gasteiger partial charge in [-0.2, -0.15) is 0 Å². The predicted octanol–water partition coefficient (Wildman–Crippen LogP) is 1.76. The third-order valence-electron chi connectivity index (χ3n) is 2.57. The molecule has 1 aromatic rings. The lowest BCUT2D eigenvalue weighted by Gasteiger charge is -2.16. The van der Waals surface area contributed by atoms with E-state index < -0.39 is 22.9 Å². The van der Waals surface area contributed by atoms with Gasteiger partial charge in [-0.05, 0) is 12.1 Å². The van der Waals surface area contributed by atoms with Gasteiger partial charge in [0.2, 0.25) is 0 Å². The maximum absolute atomic E-state index is 11.6. The van der Waals surface area contributed by atoms with Gasteiger partial charge in [-0.1, -0.05) is 11.6 Å². The van der Waals surface area contributed by atoms with E-state index in [-0.39, 0.29) is 22.8 Å². The molecule has 1 aromatic carbocycles. The molecule has 0 aliphatic carbocycles. The molecule has 8 nitrogen and oxygen atoms in total. The van der Waals surface area contributed by atoms with E-state index in [2.05, 4.69) is 14.8 Å². The van der Waals surface area contributed by atoms with Crippen molar-refractivity contribution in [2.75, 3.05) is 19.5 Å². The van der Waals surface area contributed by atoms with E-state index in [1.54, 1.807) is 0 Å². The first kappa shape index (κ1) is 16.7. The first-order valence-electron chi connectivity index (χ1n) is 5.74. The Morgan fingerprint density at radius 3 is 2.57 bits per heavy atom. The molecular formula is C12H13ClN2O6. The Balaban J connectivity index is 3.05. The number of methoxy groups -OCH3 is 2. The molecule has 1 unspecified atom stereocenters. The second-order valence-electron chi connectivity index (χ2n) is 3.92. The molecule has 0 fully saturated rings. The standard InChI is InChI=1S/C12H13ClN2O6/c1-20-11(16)6-9(12(17)21-2)14-8-4-3-7(13)5-10(8)15(18)19/h3-5,9,14H,6H2,1-2H3. The zero-order valence-electron chi connectivity index (χ0n) is 11.3. The fraction of sp³-hybridized carbons (Fsp3) is 0.333. The van der Waals surface area contributed by atoms with Gasteiger partial charge in [0, 0.05) is 11.1 Å². The molecule has 0 amide bonds. The Kier molecular flexibility index (Phi) is 5.92. The number of ether oxygens (including phenoxy) is 2. The molecule has 0 spiro atoms. The molecule has 0 radical (unpaired) electrons. The third kappa shape index (κ3) is 4.60. The first-order valence-corrected chi connectivity index (χ1v) is 6.12. The highest BCUT2D eigenvalue weighted by Gasteiger charge is 2.26. The van der Waals surface area contributed by atoms with Crippen molar-refractivity contribution in [3.05, 3.63) is 33.3 Å². The topological polar surface area (TPSA) is 108 Å². The molecule has 9 heteroatoms. The van der Waals surface area contributed by atoms with Crippen LogP contribution in [0.4, 0.5) is 11.4 Å². The highest BCUT2D eigenvalue weighted by Crippen LogP contribution is 2.28. The lowest BCUT2D eigenvalue weighted by molar-refractivity contribution is -0.384. The highest BCUT2D eigenvalue weighted by molar-refractivity contribution is 6.30. The quantitative estimate of drug-likeness (QED) is 0.484. The van der Waals surface area contributed by atoms with Crippen LogP contribution in [-0.2, 0) is 19.1 Å². The fourth-order valence-corrected chi connectivity index (χ4v) is 1.72. The Bertz CT molecular complexity index is 563. The van der Waals surface area contributed by atoms with Crippen LogP contribution in [0, 0.1) is 10.1 Å². The zero-order chi connectivity index (χ0) is 16.0. The number of esters is 2. The van der Waals surface area contributed by atoms with Crippen LogP contribution < -0.4 is 5.32 Å². The second-order valence-corrected chi connectivity index (χ2v) is 4.36. The van der Waals surface area contributed by atoms with Crippen molar-refractivity contribution in [3.63, 3.8) is 0 Å². The zero-order valence-corrected chi connectivity index (χ0v) is 12.0. The van der Waals surface area contributed by atoms with Crippen molar-refractivity contribution in [2.45, 2.75) is 12.5 Å². The molecule has 1 N–H and O–H groups in total. The molecule has 0 aliphatic rings. The minimum Gasteiger partial charge on any atom is -0.469 e. The van der Waals surface area contributed by atoms with E-state index in [4.69, 9.17) is 11.6 Å². The molecule has 1 atom stereocenters. The number of halogens is 1. The summed E-state index contributed by atoms with van der Waals surface area (Å²) in [5.41, 5.74) is -0.273. The number of nitrogens with one attached hydrogen (secondary N) is 1. The monoisotopic (exact) mass is 316 g/mol. The molecule has 114 valence electrons. The van der Waals surface area contributed by atoms with Gasteiger partial charge in [0.15, 0.2) is 0 Å². The largest absolute Gasteiger partial charge is 0.469 e. The van der Waals surface area contributed by atoms with Gasteiger partial charge >= 0.3 is 11.9 Å². The number of hydrogen-bond donors (Lipinski definition) is 1. The molecular weight excluding hydrogens is 304 g/mol. The first-order chi connectivity index (χ1) is 9.88. The molecule has 0 saturated heterocycles. The predicted molar refractivity (Wildman–Crippen MR) is 74.2 cm³/mol. The van der Waals surface area contributed by atoms with E-state index in [0.29, 0.717) is 0 Å². The van der Waals surface area contributed by atoms with Gasteiger partial charge in [-0.25, -0.2) is 4.79 Å². The normalized spacial score (nSPS) is 11.4. The Labute approximate surface area is 125 Å². The number of carbonyl (C=O) groups excluding carboxylic acids is 2. The smallest absolute Gasteiger partial charge is 0.328 e. The summed E-state index contributed by atoms with van der Waals surface area (Å²) in [7, 11) is 2.31. The van der Waals surface area contributed by atoms with Crippen molar-refractivity contribution in [3.8, 4) is 0 Å². The summed E-state index contributed by atoms with van der Waals surface area (Å²) >= 11 is 5.70. The van der Waals surface area contributed by atoms with Crippen molar-refractivity contribution in [1.29, 1.82) is 0 Å². The number of hydrogen-bond acceptors (Lipinski definition) is 7. The van der Waals surface area contributed by atoms with Gasteiger partial charge < -0.3 is 14.8 Å². The fourth-order valence-electron chi connectivity index (χ4n) is 1.55. The molecule has 1 rings (SSSR count). The Hall–Kier alpha value is -2.35. The van der Waals surface area contributed by atoms with Crippen LogP contribution in [0.1, 0.15) is 6.42 Å². The van der Waals surface area contributed by atoms with Crippen molar-refractivity contribution < 1.29 is 24.0 Å². The van der Waals surface area contributed by atoms with Gasteiger partial charge in [0.05, 0.1) is 25.6 Å². The van der Waals surface area contributed by atoms with Crippen LogP contribution in [0.3, 0.4) is 0 Å². The van der Waals surface area contributed by atoms with Crippen LogP contribution in [-0.4, -0.2) is 37.1 Å². The Morgan fingerprint density at radius 1 is 1.38 bits per heavy atom. The minimum atomic E-state index is -1.11. The molecule has 21 heavy (non-hydrogen) atoms. The number of nitrogens with zero attached hydrogens (tertiary/aromatic N) is 1. The lowest BCUT2D eigenvalue weighted by atomic mass is 10.1. The number of carbonyl (C=O) groups is 2. The molecule has 0 aromatic heterocycles. The van der Waals surface area contributed by atoms with E-state index in [1.807, 2.05) is 0 Å².